The first kappa shape index (κ1) is 15.0. The fourth-order valence-electron chi connectivity index (χ4n) is 1.40. The zero-order chi connectivity index (χ0) is 13.5. The van der Waals surface area contributed by atoms with Gasteiger partial charge in [-0.05, 0) is 12.2 Å². The van der Waals surface area contributed by atoms with Crippen LogP contribution in [0.1, 0.15) is 42.7 Å². The van der Waals surface area contributed by atoms with Gasteiger partial charge in [-0.3, -0.25) is 4.79 Å². The molecule has 2 unspecified atom stereocenters. The van der Waals surface area contributed by atoms with Crippen molar-refractivity contribution in [2.75, 3.05) is 18.6 Å². The molecule has 0 fully saturated rings. The fourth-order valence-corrected chi connectivity index (χ4v) is 1.71. The molecule has 0 saturated carbocycles. The average molecular weight is 271 g/mol. The molecule has 0 aliphatic heterocycles. The highest BCUT2D eigenvalue weighted by atomic mass is 32.2. The third-order valence-corrected chi connectivity index (χ3v) is 3.50. The predicted octanol–water partition coefficient (Wildman–Crippen LogP) is 1.81. The molecule has 1 rings (SSSR count). The summed E-state index contributed by atoms with van der Waals surface area (Å²) in [6.07, 6.45) is 4.30. The van der Waals surface area contributed by atoms with E-state index in [9.17, 15) is 4.79 Å². The molecular weight excluding hydrogens is 250 g/mol. The monoisotopic (exact) mass is 271 g/mol. The van der Waals surface area contributed by atoms with Crippen LogP contribution in [0.4, 0.5) is 0 Å². The molecule has 1 heterocycles. The second kappa shape index (κ2) is 7.43. The number of nitrogens with one attached hydrogen (secondary N) is 1. The lowest BCUT2D eigenvalue weighted by atomic mass is 10.0. The molecular formula is C12H21N3O2S. The molecule has 0 saturated heterocycles. The summed E-state index contributed by atoms with van der Waals surface area (Å²) in [4.78, 5) is 15.9. The first-order valence-corrected chi connectivity index (χ1v) is 7.47. The van der Waals surface area contributed by atoms with Gasteiger partial charge in [0.15, 0.2) is 5.69 Å². The Bertz CT molecular complexity index is 381. The van der Waals surface area contributed by atoms with Gasteiger partial charge < -0.3 is 15.5 Å². The first-order chi connectivity index (χ1) is 8.60. The van der Waals surface area contributed by atoms with E-state index in [0.717, 1.165) is 12.2 Å². The molecule has 0 spiro atoms. The molecule has 0 radical (unpaired) electrons. The zero-order valence-electron chi connectivity index (χ0n) is 11.1. The molecule has 6 heteroatoms. The summed E-state index contributed by atoms with van der Waals surface area (Å²) in [5.74, 6) is 1.37. The predicted molar refractivity (Wildman–Crippen MR) is 73.6 cm³/mol. The van der Waals surface area contributed by atoms with Crippen LogP contribution in [0, 0.1) is 5.92 Å². The van der Waals surface area contributed by atoms with Crippen molar-refractivity contribution in [3.8, 4) is 0 Å². The minimum absolute atomic E-state index is 0.213. The van der Waals surface area contributed by atoms with Crippen LogP contribution in [-0.2, 0) is 0 Å². The smallest absolute Gasteiger partial charge is 0.273 e. The van der Waals surface area contributed by atoms with E-state index in [1.54, 1.807) is 11.8 Å². The summed E-state index contributed by atoms with van der Waals surface area (Å²) in [5.41, 5.74) is 6.29. The maximum atomic E-state index is 11.7. The molecule has 0 aliphatic carbocycles. The van der Waals surface area contributed by atoms with Crippen molar-refractivity contribution in [1.29, 1.82) is 0 Å². The number of carbonyl (C=O) groups is 1. The number of hydrogen-bond acceptors (Lipinski definition) is 5. The number of hydrogen-bond donors (Lipinski definition) is 2. The Kier molecular flexibility index (Phi) is 6.21. The summed E-state index contributed by atoms with van der Waals surface area (Å²) in [6.45, 7) is 4.72. The van der Waals surface area contributed by atoms with Crippen LogP contribution in [0.3, 0.4) is 0 Å². The summed E-state index contributed by atoms with van der Waals surface area (Å²) in [5, 5.41) is 2.77. The Morgan fingerprint density at radius 1 is 1.67 bits per heavy atom. The van der Waals surface area contributed by atoms with Crippen LogP contribution >= 0.6 is 11.8 Å². The van der Waals surface area contributed by atoms with Gasteiger partial charge in [0, 0.05) is 12.3 Å². The van der Waals surface area contributed by atoms with E-state index in [4.69, 9.17) is 10.2 Å². The van der Waals surface area contributed by atoms with Crippen molar-refractivity contribution in [3.63, 3.8) is 0 Å². The number of oxazole rings is 1. The maximum Gasteiger partial charge on any atom is 0.273 e. The van der Waals surface area contributed by atoms with Crippen LogP contribution in [-0.4, -0.2) is 29.4 Å². The zero-order valence-corrected chi connectivity index (χ0v) is 11.9. The summed E-state index contributed by atoms with van der Waals surface area (Å²) in [7, 11) is 0. The number of thioether (sulfide) groups is 1. The highest BCUT2D eigenvalue weighted by Crippen LogP contribution is 2.20. The minimum Gasteiger partial charge on any atom is -0.446 e. The van der Waals surface area contributed by atoms with Crippen molar-refractivity contribution >= 4 is 17.7 Å². The Morgan fingerprint density at radius 2 is 2.39 bits per heavy atom. The van der Waals surface area contributed by atoms with Gasteiger partial charge in [0.25, 0.3) is 5.91 Å². The van der Waals surface area contributed by atoms with Crippen LogP contribution in [0.5, 0.6) is 0 Å². The van der Waals surface area contributed by atoms with Crippen LogP contribution in [0.25, 0.3) is 0 Å². The van der Waals surface area contributed by atoms with E-state index < -0.39 is 0 Å². The van der Waals surface area contributed by atoms with Crippen molar-refractivity contribution in [1.82, 2.24) is 10.3 Å². The molecule has 0 bridgehead atoms. The molecule has 3 N–H and O–H groups in total. The standard InChI is InChI=1S/C12H21N3O2S/c1-4-8(2)10(13)12-15-9(7-17-12)11(16)14-5-6-18-3/h7-8,10H,4-6,13H2,1-3H3,(H,14,16). The number of carbonyl (C=O) groups excluding carboxylic acids is 1. The van der Waals surface area contributed by atoms with Crippen molar-refractivity contribution in [3.05, 3.63) is 17.8 Å². The summed E-state index contributed by atoms with van der Waals surface area (Å²) < 4.78 is 5.27. The topological polar surface area (TPSA) is 81.1 Å². The lowest BCUT2D eigenvalue weighted by molar-refractivity contribution is 0.0951. The molecule has 102 valence electrons. The molecule has 1 aromatic rings. The SMILES string of the molecule is CCC(C)C(N)c1nc(C(=O)NCCSC)co1. The van der Waals surface area contributed by atoms with Gasteiger partial charge in [-0.2, -0.15) is 11.8 Å². The Balaban J connectivity index is 2.59. The Hall–Kier alpha value is -1.01. The van der Waals surface area contributed by atoms with Gasteiger partial charge in [0.2, 0.25) is 5.89 Å². The van der Waals surface area contributed by atoms with Gasteiger partial charge in [0.05, 0.1) is 6.04 Å². The highest BCUT2D eigenvalue weighted by Gasteiger charge is 2.20. The average Bonchev–Trinajstić information content (AvgIpc) is 2.86. The summed E-state index contributed by atoms with van der Waals surface area (Å²) >= 11 is 1.68. The lowest BCUT2D eigenvalue weighted by Crippen LogP contribution is -2.26. The molecule has 1 aromatic heterocycles. The fraction of sp³-hybridized carbons (Fsp3) is 0.667. The molecule has 0 aromatic carbocycles. The van der Waals surface area contributed by atoms with E-state index in [0.29, 0.717) is 18.1 Å². The number of nitrogens with two attached hydrogens (primary N) is 1. The van der Waals surface area contributed by atoms with Gasteiger partial charge in [-0.15, -0.1) is 0 Å². The highest BCUT2D eigenvalue weighted by molar-refractivity contribution is 7.98. The number of amides is 1. The van der Waals surface area contributed by atoms with Crippen LogP contribution in [0.2, 0.25) is 0 Å². The van der Waals surface area contributed by atoms with Crippen LogP contribution in [0.15, 0.2) is 10.7 Å². The number of rotatable bonds is 7. The molecule has 2 atom stereocenters. The normalized spacial score (nSPS) is 14.2. The van der Waals surface area contributed by atoms with E-state index >= 15 is 0 Å². The molecule has 1 amide bonds. The largest absolute Gasteiger partial charge is 0.446 e. The van der Waals surface area contributed by atoms with Gasteiger partial charge in [-0.1, -0.05) is 20.3 Å². The molecule has 0 aliphatic rings. The minimum atomic E-state index is -0.261. The number of aromatic nitrogens is 1. The quantitative estimate of drug-likeness (QED) is 0.739. The maximum absolute atomic E-state index is 11.7. The van der Waals surface area contributed by atoms with Crippen molar-refractivity contribution < 1.29 is 9.21 Å². The first-order valence-electron chi connectivity index (χ1n) is 6.08. The second-order valence-corrected chi connectivity index (χ2v) is 5.22. The van der Waals surface area contributed by atoms with E-state index in [2.05, 4.69) is 17.2 Å². The van der Waals surface area contributed by atoms with Gasteiger partial charge in [-0.25, -0.2) is 4.98 Å². The molecule has 18 heavy (non-hydrogen) atoms. The van der Waals surface area contributed by atoms with E-state index in [1.165, 1.54) is 6.26 Å². The number of nitrogens with zero attached hydrogens (tertiary/aromatic N) is 1. The van der Waals surface area contributed by atoms with Gasteiger partial charge >= 0.3 is 0 Å². The third-order valence-electron chi connectivity index (χ3n) is 2.89. The van der Waals surface area contributed by atoms with Crippen molar-refractivity contribution in [2.24, 2.45) is 11.7 Å². The van der Waals surface area contributed by atoms with Crippen molar-refractivity contribution in [2.45, 2.75) is 26.3 Å². The Morgan fingerprint density at radius 3 is 3.00 bits per heavy atom. The second-order valence-electron chi connectivity index (χ2n) is 4.23. The van der Waals surface area contributed by atoms with E-state index in [1.807, 2.05) is 13.2 Å². The lowest BCUT2D eigenvalue weighted by Gasteiger charge is -2.13. The Labute approximate surface area is 112 Å². The van der Waals surface area contributed by atoms with Gasteiger partial charge in [0.1, 0.15) is 6.26 Å². The van der Waals surface area contributed by atoms with E-state index in [-0.39, 0.29) is 17.9 Å². The molecule has 5 nitrogen and oxygen atoms in total. The summed E-state index contributed by atoms with van der Waals surface area (Å²) in [6, 6.07) is -0.261. The van der Waals surface area contributed by atoms with Crippen LogP contribution < -0.4 is 11.1 Å². The third kappa shape index (κ3) is 4.03.